The molecule has 5 rings (SSSR count). The lowest BCUT2D eigenvalue weighted by Gasteiger charge is -2.16. The SMILES string of the molecule is Nc1c(C(=O)NCc2ccc(F)cc2F)c(=O)n(OCc2ccccc2)c2ncc(C#CCCc3ccccc3)cc12. The van der Waals surface area contributed by atoms with Crippen molar-refractivity contribution < 1.29 is 18.4 Å². The van der Waals surface area contributed by atoms with Crippen LogP contribution in [0.5, 0.6) is 0 Å². The summed E-state index contributed by atoms with van der Waals surface area (Å²) in [5.41, 5.74) is 7.68. The fourth-order valence-electron chi connectivity index (χ4n) is 4.33. The number of aryl methyl sites for hydroxylation is 1. The van der Waals surface area contributed by atoms with Gasteiger partial charge in [-0.1, -0.05) is 78.6 Å². The van der Waals surface area contributed by atoms with Gasteiger partial charge < -0.3 is 15.9 Å². The number of rotatable bonds is 8. The monoisotopic (exact) mass is 564 g/mol. The molecule has 0 unspecified atom stereocenters. The molecular formula is C33H26F2N4O3. The van der Waals surface area contributed by atoms with Crippen LogP contribution in [0.25, 0.3) is 11.0 Å². The zero-order valence-electron chi connectivity index (χ0n) is 22.4. The second-order valence-corrected chi connectivity index (χ2v) is 9.45. The number of nitrogens with zero attached hydrogens (tertiary/aromatic N) is 2. The van der Waals surface area contributed by atoms with Crippen molar-refractivity contribution in [3.8, 4) is 11.8 Å². The van der Waals surface area contributed by atoms with Gasteiger partial charge in [-0.3, -0.25) is 9.59 Å². The number of hydrogen-bond donors (Lipinski definition) is 2. The number of anilines is 1. The average molecular weight is 565 g/mol. The second-order valence-electron chi connectivity index (χ2n) is 9.45. The number of aromatic nitrogens is 2. The topological polar surface area (TPSA) is 99.2 Å². The standard InChI is InChI=1S/C33H26F2N4O3/c34-26-16-15-25(28(35)18-26)20-38-32(40)29-30(36)27-17-24(14-8-7-11-22-9-3-1-4-10-22)19-37-31(27)39(33(29)41)42-21-23-12-5-2-6-13-23/h1-6,9-10,12-13,15-19H,7,11,20-21,36H2,(H,38,40). The first-order chi connectivity index (χ1) is 20.4. The Morgan fingerprint density at radius 1 is 0.976 bits per heavy atom. The van der Waals surface area contributed by atoms with E-state index >= 15 is 0 Å². The number of carbonyl (C=O) groups is 1. The molecule has 2 heterocycles. The van der Waals surface area contributed by atoms with Crippen molar-refractivity contribution in [2.75, 3.05) is 5.73 Å². The molecule has 7 nitrogen and oxygen atoms in total. The minimum Gasteiger partial charge on any atom is -0.404 e. The van der Waals surface area contributed by atoms with Crippen LogP contribution in [-0.2, 0) is 19.6 Å². The molecule has 0 aliphatic rings. The third-order valence-corrected chi connectivity index (χ3v) is 6.52. The van der Waals surface area contributed by atoms with Crippen molar-refractivity contribution in [2.24, 2.45) is 0 Å². The maximum Gasteiger partial charge on any atom is 0.300 e. The summed E-state index contributed by atoms with van der Waals surface area (Å²) in [6.07, 6.45) is 2.91. The Bertz CT molecular complexity index is 1860. The Kier molecular flexibility index (Phi) is 8.54. The molecule has 0 atom stereocenters. The molecule has 0 spiro atoms. The number of carbonyl (C=O) groups excluding carboxylic acids is 1. The number of nitrogens with two attached hydrogens (primary N) is 1. The number of halogens is 2. The van der Waals surface area contributed by atoms with E-state index in [0.717, 1.165) is 22.8 Å². The van der Waals surface area contributed by atoms with Crippen molar-refractivity contribution >= 4 is 22.6 Å². The van der Waals surface area contributed by atoms with Crippen LogP contribution in [0, 0.1) is 23.5 Å². The smallest absolute Gasteiger partial charge is 0.300 e. The fourth-order valence-corrected chi connectivity index (χ4v) is 4.33. The van der Waals surface area contributed by atoms with Gasteiger partial charge in [0.05, 0.1) is 5.69 Å². The molecule has 0 saturated heterocycles. The van der Waals surface area contributed by atoms with E-state index in [2.05, 4.69) is 22.1 Å². The summed E-state index contributed by atoms with van der Waals surface area (Å²) in [6, 6.07) is 23.8. The predicted molar refractivity (Wildman–Crippen MR) is 156 cm³/mol. The maximum atomic E-state index is 14.1. The number of amides is 1. The van der Waals surface area contributed by atoms with Gasteiger partial charge in [-0.05, 0) is 29.7 Å². The van der Waals surface area contributed by atoms with Gasteiger partial charge >= 0.3 is 0 Å². The first-order valence-electron chi connectivity index (χ1n) is 13.2. The maximum absolute atomic E-state index is 14.1. The van der Waals surface area contributed by atoms with E-state index in [9.17, 15) is 18.4 Å². The Morgan fingerprint density at radius 3 is 2.40 bits per heavy atom. The largest absolute Gasteiger partial charge is 0.404 e. The lowest BCUT2D eigenvalue weighted by Crippen LogP contribution is -2.37. The summed E-state index contributed by atoms with van der Waals surface area (Å²) in [5, 5.41) is 2.78. The molecule has 0 aliphatic heterocycles. The highest BCUT2D eigenvalue weighted by Crippen LogP contribution is 2.22. The zero-order valence-corrected chi connectivity index (χ0v) is 22.4. The van der Waals surface area contributed by atoms with E-state index in [4.69, 9.17) is 10.6 Å². The number of fused-ring (bicyclic) bond motifs is 1. The van der Waals surface area contributed by atoms with Crippen LogP contribution < -0.4 is 21.4 Å². The van der Waals surface area contributed by atoms with Crippen LogP contribution in [0.15, 0.2) is 95.9 Å². The summed E-state index contributed by atoms with van der Waals surface area (Å²) in [5.74, 6) is 3.76. The molecule has 1 amide bonds. The first kappa shape index (κ1) is 28.1. The number of nitrogen functional groups attached to an aromatic ring is 1. The quantitative estimate of drug-likeness (QED) is 0.264. The molecule has 2 aromatic heterocycles. The van der Waals surface area contributed by atoms with Crippen LogP contribution >= 0.6 is 0 Å². The van der Waals surface area contributed by atoms with Gasteiger partial charge in [-0.15, -0.1) is 4.73 Å². The Labute approximate surface area is 240 Å². The average Bonchev–Trinajstić information content (AvgIpc) is 3.00. The fraction of sp³-hybridized carbons (Fsp3) is 0.121. The van der Waals surface area contributed by atoms with Gasteiger partial charge in [0.1, 0.15) is 23.8 Å². The molecule has 0 bridgehead atoms. The van der Waals surface area contributed by atoms with Crippen LogP contribution in [0.4, 0.5) is 14.5 Å². The summed E-state index contributed by atoms with van der Waals surface area (Å²) in [6.45, 7) is -0.276. The summed E-state index contributed by atoms with van der Waals surface area (Å²) >= 11 is 0. The van der Waals surface area contributed by atoms with E-state index in [1.165, 1.54) is 17.8 Å². The second kappa shape index (κ2) is 12.8. The van der Waals surface area contributed by atoms with Crippen LogP contribution in [0.1, 0.15) is 39.0 Å². The minimum atomic E-state index is -0.848. The third-order valence-electron chi connectivity index (χ3n) is 6.52. The van der Waals surface area contributed by atoms with E-state index in [0.29, 0.717) is 18.1 Å². The molecule has 0 fully saturated rings. The number of hydrogen-bond acceptors (Lipinski definition) is 5. The van der Waals surface area contributed by atoms with Crippen molar-refractivity contribution in [2.45, 2.75) is 26.0 Å². The first-order valence-corrected chi connectivity index (χ1v) is 13.2. The van der Waals surface area contributed by atoms with E-state index in [1.54, 1.807) is 6.07 Å². The Balaban J connectivity index is 1.48. The summed E-state index contributed by atoms with van der Waals surface area (Å²) in [7, 11) is 0. The Morgan fingerprint density at radius 2 is 1.69 bits per heavy atom. The van der Waals surface area contributed by atoms with Gasteiger partial charge in [0.25, 0.3) is 11.5 Å². The van der Waals surface area contributed by atoms with E-state index < -0.39 is 28.7 Å². The van der Waals surface area contributed by atoms with E-state index in [1.807, 2.05) is 60.7 Å². The van der Waals surface area contributed by atoms with Crippen LogP contribution in [0.3, 0.4) is 0 Å². The summed E-state index contributed by atoms with van der Waals surface area (Å²) < 4.78 is 28.4. The van der Waals surface area contributed by atoms with Crippen LogP contribution in [0.2, 0.25) is 0 Å². The van der Waals surface area contributed by atoms with Crippen molar-refractivity contribution in [1.82, 2.24) is 15.0 Å². The van der Waals surface area contributed by atoms with Gasteiger partial charge in [0, 0.05) is 41.7 Å². The molecule has 3 aromatic carbocycles. The molecular weight excluding hydrogens is 538 g/mol. The van der Waals surface area contributed by atoms with E-state index in [-0.39, 0.29) is 35.4 Å². The summed E-state index contributed by atoms with van der Waals surface area (Å²) in [4.78, 5) is 37.0. The minimum absolute atomic E-state index is 0.0182. The van der Waals surface area contributed by atoms with Crippen molar-refractivity contribution in [3.05, 3.63) is 141 Å². The highest BCUT2D eigenvalue weighted by atomic mass is 19.1. The molecule has 9 heteroatoms. The zero-order chi connectivity index (χ0) is 29.5. The van der Waals surface area contributed by atoms with Gasteiger partial charge in [-0.25, -0.2) is 13.8 Å². The number of nitrogens with one attached hydrogen (secondary N) is 1. The molecule has 5 aromatic rings. The molecule has 0 saturated carbocycles. The number of benzene rings is 3. The molecule has 0 radical (unpaired) electrons. The lowest BCUT2D eigenvalue weighted by molar-refractivity contribution is 0.0898. The third kappa shape index (κ3) is 6.45. The molecule has 210 valence electrons. The lowest BCUT2D eigenvalue weighted by atomic mass is 10.1. The van der Waals surface area contributed by atoms with Crippen molar-refractivity contribution in [3.63, 3.8) is 0 Å². The normalized spacial score (nSPS) is 10.6. The van der Waals surface area contributed by atoms with Gasteiger partial charge in [0.15, 0.2) is 5.65 Å². The van der Waals surface area contributed by atoms with Gasteiger partial charge in [-0.2, -0.15) is 0 Å². The number of pyridine rings is 2. The molecule has 3 N–H and O–H groups in total. The Hall–Kier alpha value is -5.49. The predicted octanol–water partition coefficient (Wildman–Crippen LogP) is 4.80. The van der Waals surface area contributed by atoms with Crippen LogP contribution in [-0.4, -0.2) is 15.6 Å². The molecule has 42 heavy (non-hydrogen) atoms. The van der Waals surface area contributed by atoms with Crippen molar-refractivity contribution in [1.29, 1.82) is 0 Å². The highest BCUT2D eigenvalue weighted by molar-refractivity contribution is 6.05. The molecule has 0 aliphatic carbocycles. The highest BCUT2D eigenvalue weighted by Gasteiger charge is 2.23. The van der Waals surface area contributed by atoms with Gasteiger partial charge in [0.2, 0.25) is 0 Å².